The van der Waals surface area contributed by atoms with Gasteiger partial charge in [0.2, 0.25) is 0 Å². The smallest absolute Gasteiger partial charge is 0.231 e. The maximum Gasteiger partial charge on any atom is 0.460 e. The van der Waals surface area contributed by atoms with Crippen LogP contribution in [0.1, 0.15) is 19.8 Å². The Morgan fingerprint density at radius 2 is 1.14 bits per heavy atom. The lowest BCUT2D eigenvalue weighted by Gasteiger charge is -2.36. The van der Waals surface area contributed by atoms with Gasteiger partial charge in [0, 0.05) is 0 Å². The Labute approximate surface area is 116 Å². The molecule has 0 unspecified atom stereocenters. The molecule has 0 aliphatic heterocycles. The molecule has 0 heterocycles. The van der Waals surface area contributed by atoms with Gasteiger partial charge in [-0.25, -0.2) is 4.89 Å². The molecule has 0 aromatic carbocycles. The minimum absolute atomic E-state index is 0.0588. The van der Waals surface area contributed by atoms with Crippen molar-refractivity contribution in [1.29, 1.82) is 0 Å². The molecule has 0 atom stereocenters. The summed E-state index contributed by atoms with van der Waals surface area (Å²) in [6.07, 6.45) is -13.4. The molecule has 0 radical (unpaired) electrons. The zero-order valence-electron chi connectivity index (χ0n) is 10.6. The summed E-state index contributed by atoms with van der Waals surface area (Å²) in [4.78, 5) is 6.06. The van der Waals surface area contributed by atoms with Crippen LogP contribution in [0.4, 0.5) is 48.3 Å². The van der Waals surface area contributed by atoms with E-state index in [2.05, 4.69) is 9.78 Å². The van der Waals surface area contributed by atoms with Gasteiger partial charge in [0.05, 0.1) is 6.61 Å². The fraction of sp³-hybridized carbons (Fsp3) is 1.00. The summed E-state index contributed by atoms with van der Waals surface area (Å²) in [5.41, 5.74) is 0. The number of alkyl halides is 11. The molecule has 0 aromatic heterocycles. The largest absolute Gasteiger partial charge is 0.460 e. The van der Waals surface area contributed by atoms with E-state index in [1.54, 1.807) is 0 Å². The van der Waals surface area contributed by atoms with Crippen molar-refractivity contribution in [2.75, 3.05) is 6.61 Å². The standard InChI is InChI=1S/C9H9F11O2/c1-2-3-4-21-22-9(19,20)7(14,15)5(10,11)6(12,13)8(16,17)18/h2-4H2,1H3. The van der Waals surface area contributed by atoms with Crippen molar-refractivity contribution in [3.05, 3.63) is 0 Å². The van der Waals surface area contributed by atoms with Gasteiger partial charge >= 0.3 is 30.1 Å². The fourth-order valence-electron chi connectivity index (χ4n) is 0.929. The molecule has 0 N–H and O–H groups in total. The van der Waals surface area contributed by atoms with E-state index in [1.165, 1.54) is 6.92 Å². The zero-order chi connectivity index (χ0) is 18.0. The van der Waals surface area contributed by atoms with Gasteiger partial charge in [0.1, 0.15) is 0 Å². The molecule has 0 aliphatic carbocycles. The van der Waals surface area contributed by atoms with Crippen molar-refractivity contribution in [1.82, 2.24) is 0 Å². The molecule has 0 saturated heterocycles. The molecule has 0 aliphatic rings. The minimum Gasteiger partial charge on any atom is -0.231 e. The van der Waals surface area contributed by atoms with Crippen LogP contribution in [0.15, 0.2) is 0 Å². The van der Waals surface area contributed by atoms with Crippen LogP contribution in [-0.2, 0) is 9.78 Å². The van der Waals surface area contributed by atoms with E-state index < -0.39 is 36.7 Å². The summed E-state index contributed by atoms with van der Waals surface area (Å²) in [6, 6.07) is 0. The van der Waals surface area contributed by atoms with E-state index >= 15 is 0 Å². The van der Waals surface area contributed by atoms with Crippen LogP contribution in [-0.4, -0.2) is 36.7 Å². The second kappa shape index (κ2) is 6.34. The molecule has 0 amide bonds. The number of hydrogen-bond donors (Lipinski definition) is 0. The zero-order valence-corrected chi connectivity index (χ0v) is 10.6. The van der Waals surface area contributed by atoms with E-state index in [-0.39, 0.29) is 12.8 Å². The molecular weight excluding hydrogens is 349 g/mol. The summed E-state index contributed by atoms with van der Waals surface area (Å²) in [5, 5.41) is 0. The first-order valence-electron chi connectivity index (χ1n) is 5.45. The Balaban J connectivity index is 5.41. The molecule has 0 rings (SSSR count). The summed E-state index contributed by atoms with van der Waals surface area (Å²) >= 11 is 0. The molecule has 2 nitrogen and oxygen atoms in total. The van der Waals surface area contributed by atoms with E-state index in [1.807, 2.05) is 0 Å². The lowest BCUT2D eigenvalue weighted by molar-refractivity contribution is -0.522. The average molecular weight is 358 g/mol. The highest BCUT2D eigenvalue weighted by Crippen LogP contribution is 2.57. The van der Waals surface area contributed by atoms with E-state index in [4.69, 9.17) is 0 Å². The van der Waals surface area contributed by atoms with Crippen molar-refractivity contribution in [2.24, 2.45) is 0 Å². The summed E-state index contributed by atoms with van der Waals surface area (Å²) in [6.45, 7) is 0.678. The van der Waals surface area contributed by atoms with Gasteiger partial charge in [-0.3, -0.25) is 0 Å². The van der Waals surface area contributed by atoms with Crippen LogP contribution in [0.3, 0.4) is 0 Å². The van der Waals surface area contributed by atoms with Gasteiger partial charge in [-0.15, -0.1) is 0 Å². The molecular formula is C9H9F11O2. The first kappa shape index (κ1) is 21.1. The highest BCUT2D eigenvalue weighted by Gasteiger charge is 2.88. The van der Waals surface area contributed by atoms with Gasteiger partial charge in [-0.1, -0.05) is 13.3 Å². The maximum absolute atomic E-state index is 12.8. The van der Waals surface area contributed by atoms with Crippen molar-refractivity contribution in [3.8, 4) is 0 Å². The quantitative estimate of drug-likeness (QED) is 0.269. The topological polar surface area (TPSA) is 18.5 Å². The van der Waals surface area contributed by atoms with E-state index in [9.17, 15) is 48.3 Å². The Hall–Kier alpha value is -0.850. The Kier molecular flexibility index (Phi) is 6.09. The molecule has 0 saturated carbocycles. The normalized spacial score (nSPS) is 15.3. The lowest BCUT2D eigenvalue weighted by Crippen LogP contribution is -2.66. The van der Waals surface area contributed by atoms with Crippen molar-refractivity contribution < 1.29 is 58.1 Å². The van der Waals surface area contributed by atoms with Crippen molar-refractivity contribution in [3.63, 3.8) is 0 Å². The van der Waals surface area contributed by atoms with Crippen LogP contribution in [0.25, 0.3) is 0 Å². The molecule has 0 aromatic rings. The van der Waals surface area contributed by atoms with Gasteiger partial charge < -0.3 is 0 Å². The molecule has 13 heteroatoms. The van der Waals surface area contributed by atoms with Crippen LogP contribution >= 0.6 is 0 Å². The molecule has 0 bridgehead atoms. The first-order valence-corrected chi connectivity index (χ1v) is 5.45. The third-order valence-electron chi connectivity index (χ3n) is 2.26. The molecule has 0 fully saturated rings. The van der Waals surface area contributed by atoms with Crippen LogP contribution < -0.4 is 0 Å². The van der Waals surface area contributed by atoms with Gasteiger partial charge in [-0.2, -0.15) is 53.2 Å². The molecule has 22 heavy (non-hydrogen) atoms. The SMILES string of the molecule is CCCCOOC(F)(F)C(F)(F)C(F)(F)C(F)(F)C(F)(F)F. The Morgan fingerprint density at radius 3 is 1.50 bits per heavy atom. The molecule has 0 spiro atoms. The Morgan fingerprint density at radius 1 is 0.682 bits per heavy atom. The van der Waals surface area contributed by atoms with E-state index in [0.29, 0.717) is 0 Å². The third kappa shape index (κ3) is 3.55. The number of halogens is 11. The summed E-state index contributed by atoms with van der Waals surface area (Å²) in [7, 11) is 0. The lowest BCUT2D eigenvalue weighted by atomic mass is 10.0. The average Bonchev–Trinajstić information content (AvgIpc) is 2.32. The van der Waals surface area contributed by atoms with Crippen LogP contribution in [0.5, 0.6) is 0 Å². The fourth-order valence-corrected chi connectivity index (χ4v) is 0.929. The van der Waals surface area contributed by atoms with Crippen molar-refractivity contribution >= 4 is 0 Å². The third-order valence-corrected chi connectivity index (χ3v) is 2.26. The second-order valence-corrected chi connectivity index (χ2v) is 4.00. The van der Waals surface area contributed by atoms with Crippen LogP contribution in [0.2, 0.25) is 0 Å². The van der Waals surface area contributed by atoms with Gasteiger partial charge in [-0.05, 0) is 6.42 Å². The first-order chi connectivity index (χ1) is 9.56. The monoisotopic (exact) mass is 358 g/mol. The highest BCUT2D eigenvalue weighted by molar-refractivity contribution is 5.03. The van der Waals surface area contributed by atoms with Crippen molar-refractivity contribution in [2.45, 2.75) is 49.8 Å². The van der Waals surface area contributed by atoms with E-state index in [0.717, 1.165) is 0 Å². The minimum atomic E-state index is -7.49. The van der Waals surface area contributed by atoms with Crippen LogP contribution in [0, 0.1) is 0 Å². The summed E-state index contributed by atoms with van der Waals surface area (Å²) < 4.78 is 137. The Bertz CT molecular complexity index is 363. The predicted molar refractivity (Wildman–Crippen MR) is 47.8 cm³/mol. The number of hydrogen-bond acceptors (Lipinski definition) is 2. The van der Waals surface area contributed by atoms with Gasteiger partial charge in [0.25, 0.3) is 0 Å². The maximum atomic E-state index is 12.8. The second-order valence-electron chi connectivity index (χ2n) is 4.00. The predicted octanol–water partition coefficient (Wildman–Crippen LogP) is 4.80. The van der Waals surface area contributed by atoms with Gasteiger partial charge in [0.15, 0.2) is 0 Å². The summed E-state index contributed by atoms with van der Waals surface area (Å²) in [5.74, 6) is -22.1. The highest BCUT2D eigenvalue weighted by atomic mass is 19.4. The number of unbranched alkanes of at least 4 members (excludes halogenated alkanes) is 1. The molecule has 134 valence electrons. The number of rotatable bonds is 8.